The molecule has 0 saturated heterocycles. The van der Waals surface area contributed by atoms with Gasteiger partial charge in [0.15, 0.2) is 0 Å². The molecular formula is C14H21N3O2S. The molecule has 0 heterocycles. The molecule has 0 aliphatic carbocycles. The van der Waals surface area contributed by atoms with Crippen LogP contribution in [0.1, 0.15) is 31.9 Å². The lowest BCUT2D eigenvalue weighted by molar-refractivity contribution is 0.483. The fraction of sp³-hybridized carbons (Fsp3) is 0.429. The largest absolute Gasteiger partial charge is 0.320 e. The molecule has 1 rings (SSSR count). The summed E-state index contributed by atoms with van der Waals surface area (Å²) in [5.74, 6) is 5.67. The van der Waals surface area contributed by atoms with Crippen LogP contribution in [-0.4, -0.2) is 20.5 Å². The van der Waals surface area contributed by atoms with Crippen LogP contribution in [0.15, 0.2) is 24.3 Å². The monoisotopic (exact) mass is 295 g/mol. The maximum atomic E-state index is 11.8. The van der Waals surface area contributed by atoms with Crippen molar-refractivity contribution in [2.45, 2.75) is 32.9 Å². The Morgan fingerprint density at radius 2 is 1.80 bits per heavy atom. The number of hydrogen-bond acceptors (Lipinski definition) is 3. The van der Waals surface area contributed by atoms with Gasteiger partial charge >= 0.3 is 0 Å². The highest BCUT2D eigenvalue weighted by atomic mass is 32.2. The van der Waals surface area contributed by atoms with Crippen molar-refractivity contribution < 1.29 is 8.42 Å². The third-order valence-corrected chi connectivity index (χ3v) is 3.60. The van der Waals surface area contributed by atoms with Crippen LogP contribution >= 0.6 is 0 Å². The van der Waals surface area contributed by atoms with Crippen LogP contribution in [0.3, 0.4) is 0 Å². The lowest BCUT2D eigenvalue weighted by Gasteiger charge is -2.20. The van der Waals surface area contributed by atoms with Gasteiger partial charge in [0.25, 0.3) is 10.2 Å². The van der Waals surface area contributed by atoms with E-state index in [1.807, 2.05) is 24.3 Å². The summed E-state index contributed by atoms with van der Waals surface area (Å²) in [5.41, 5.74) is 6.51. The molecule has 0 radical (unpaired) electrons. The molecule has 20 heavy (non-hydrogen) atoms. The summed E-state index contributed by atoms with van der Waals surface area (Å²) in [5, 5.41) is 0. The maximum absolute atomic E-state index is 11.8. The van der Waals surface area contributed by atoms with E-state index in [2.05, 4.69) is 21.3 Å². The van der Waals surface area contributed by atoms with E-state index in [0.29, 0.717) is 6.54 Å². The number of hydrogen-bond donors (Lipinski definition) is 3. The minimum atomic E-state index is -3.51. The van der Waals surface area contributed by atoms with Crippen LogP contribution in [-0.2, 0) is 16.8 Å². The van der Waals surface area contributed by atoms with Crippen molar-refractivity contribution in [1.82, 2.24) is 9.44 Å². The second kappa shape index (κ2) is 6.86. The van der Waals surface area contributed by atoms with E-state index in [4.69, 9.17) is 5.73 Å². The molecule has 0 aromatic heterocycles. The van der Waals surface area contributed by atoms with Gasteiger partial charge in [-0.1, -0.05) is 24.0 Å². The molecule has 0 aliphatic rings. The molecule has 110 valence electrons. The maximum Gasteiger partial charge on any atom is 0.277 e. The second-order valence-corrected chi connectivity index (χ2v) is 6.88. The summed E-state index contributed by atoms with van der Waals surface area (Å²) in [7, 11) is -3.51. The number of rotatable bonds is 4. The van der Waals surface area contributed by atoms with Crippen molar-refractivity contribution in [3.8, 4) is 11.8 Å². The van der Waals surface area contributed by atoms with Gasteiger partial charge in [0.05, 0.1) is 6.54 Å². The number of benzene rings is 1. The van der Waals surface area contributed by atoms with Gasteiger partial charge < -0.3 is 5.73 Å². The predicted octanol–water partition coefficient (Wildman–Crippen LogP) is 0.719. The van der Waals surface area contributed by atoms with Crippen molar-refractivity contribution >= 4 is 10.2 Å². The van der Waals surface area contributed by atoms with E-state index >= 15 is 0 Å². The van der Waals surface area contributed by atoms with Crippen LogP contribution in [0.5, 0.6) is 0 Å². The molecule has 0 saturated carbocycles. The molecule has 0 unspecified atom stereocenters. The van der Waals surface area contributed by atoms with E-state index < -0.39 is 15.7 Å². The van der Waals surface area contributed by atoms with Crippen LogP contribution in [0.2, 0.25) is 0 Å². The van der Waals surface area contributed by atoms with Crippen molar-refractivity contribution in [2.75, 3.05) is 6.54 Å². The average molecular weight is 295 g/mol. The Morgan fingerprint density at radius 1 is 1.20 bits per heavy atom. The van der Waals surface area contributed by atoms with E-state index in [1.165, 1.54) is 0 Å². The first-order valence-electron chi connectivity index (χ1n) is 6.28. The first kappa shape index (κ1) is 16.7. The molecule has 1 aromatic rings. The highest BCUT2D eigenvalue weighted by Crippen LogP contribution is 2.05. The summed E-state index contributed by atoms with van der Waals surface area (Å²) in [6, 6.07) is 7.34. The minimum absolute atomic E-state index is 0.232. The zero-order valence-electron chi connectivity index (χ0n) is 12.0. The third-order valence-electron chi connectivity index (χ3n) is 2.20. The lowest BCUT2D eigenvalue weighted by atomic mass is 10.1. The quantitative estimate of drug-likeness (QED) is 0.716. The minimum Gasteiger partial charge on any atom is -0.320 e. The average Bonchev–Trinajstić information content (AvgIpc) is 2.32. The van der Waals surface area contributed by atoms with Gasteiger partial charge in [0.1, 0.15) is 0 Å². The fourth-order valence-corrected chi connectivity index (χ4v) is 2.71. The normalized spacial score (nSPS) is 11.8. The number of nitrogens with one attached hydrogen (secondary N) is 2. The summed E-state index contributed by atoms with van der Waals surface area (Å²) in [4.78, 5) is 0. The molecule has 0 atom stereocenters. The van der Waals surface area contributed by atoms with E-state index in [0.717, 1.165) is 11.1 Å². The lowest BCUT2D eigenvalue weighted by Crippen LogP contribution is -2.46. The van der Waals surface area contributed by atoms with Gasteiger partial charge in [-0.3, -0.25) is 0 Å². The SMILES string of the molecule is CC(C)(C)NS(=O)(=O)NCc1ccc(C#CCN)cc1. The van der Waals surface area contributed by atoms with Crippen molar-refractivity contribution in [1.29, 1.82) is 0 Å². The van der Waals surface area contributed by atoms with E-state index in [9.17, 15) is 8.42 Å². The van der Waals surface area contributed by atoms with Gasteiger partial charge in [-0.15, -0.1) is 0 Å². The summed E-state index contributed by atoms with van der Waals surface area (Å²) in [6.07, 6.45) is 0. The molecule has 0 bridgehead atoms. The molecule has 0 amide bonds. The molecule has 4 N–H and O–H groups in total. The summed E-state index contributed by atoms with van der Waals surface area (Å²) < 4.78 is 28.6. The zero-order valence-corrected chi connectivity index (χ0v) is 12.8. The highest BCUT2D eigenvalue weighted by Gasteiger charge is 2.18. The standard InChI is InChI=1S/C14H21N3O2S/c1-14(2,3)17-20(18,19)16-11-13-8-6-12(7-9-13)5-4-10-15/h6-9,16-17H,10-11,15H2,1-3H3. The molecule has 1 aromatic carbocycles. The Hall–Kier alpha value is -1.39. The Bertz CT molecular complexity index is 590. The topological polar surface area (TPSA) is 84.2 Å². The molecule has 0 spiro atoms. The van der Waals surface area contributed by atoms with Gasteiger partial charge in [0.2, 0.25) is 0 Å². The Kier molecular flexibility index (Phi) is 5.72. The first-order chi connectivity index (χ1) is 9.22. The van der Waals surface area contributed by atoms with E-state index in [1.54, 1.807) is 20.8 Å². The van der Waals surface area contributed by atoms with Crippen molar-refractivity contribution in [3.63, 3.8) is 0 Å². The van der Waals surface area contributed by atoms with Crippen molar-refractivity contribution in [3.05, 3.63) is 35.4 Å². The van der Waals surface area contributed by atoms with Crippen LogP contribution in [0.4, 0.5) is 0 Å². The third kappa shape index (κ3) is 6.68. The molecular weight excluding hydrogens is 274 g/mol. The Labute approximate surface area is 121 Å². The van der Waals surface area contributed by atoms with Gasteiger partial charge in [-0.2, -0.15) is 17.9 Å². The predicted molar refractivity (Wildman–Crippen MR) is 81.0 cm³/mol. The smallest absolute Gasteiger partial charge is 0.277 e. The second-order valence-electron chi connectivity index (χ2n) is 5.38. The van der Waals surface area contributed by atoms with Crippen molar-refractivity contribution in [2.24, 2.45) is 5.73 Å². The molecule has 5 nitrogen and oxygen atoms in total. The fourth-order valence-electron chi connectivity index (χ4n) is 1.48. The van der Waals surface area contributed by atoms with Crippen LogP contribution in [0, 0.1) is 11.8 Å². The molecule has 0 aliphatic heterocycles. The molecule has 0 fully saturated rings. The first-order valence-corrected chi connectivity index (χ1v) is 7.77. The van der Waals surface area contributed by atoms with Gasteiger partial charge in [-0.25, -0.2) is 0 Å². The summed E-state index contributed by atoms with van der Waals surface area (Å²) >= 11 is 0. The van der Waals surface area contributed by atoms with Crippen LogP contribution < -0.4 is 15.2 Å². The van der Waals surface area contributed by atoms with Crippen LogP contribution in [0.25, 0.3) is 0 Å². The Balaban J connectivity index is 2.62. The summed E-state index contributed by atoms with van der Waals surface area (Å²) in [6.45, 7) is 5.92. The molecule has 6 heteroatoms. The van der Waals surface area contributed by atoms with Gasteiger partial charge in [-0.05, 0) is 38.5 Å². The Morgan fingerprint density at radius 3 is 2.30 bits per heavy atom. The zero-order chi connectivity index (χ0) is 15.2. The highest BCUT2D eigenvalue weighted by molar-refractivity contribution is 7.87. The van der Waals surface area contributed by atoms with E-state index in [-0.39, 0.29) is 6.54 Å². The van der Waals surface area contributed by atoms with Gasteiger partial charge in [0, 0.05) is 17.6 Å². The number of nitrogens with two attached hydrogens (primary N) is 1.